The van der Waals surface area contributed by atoms with E-state index in [1.807, 2.05) is 13.8 Å². The average Bonchev–Trinajstić information content (AvgIpc) is 2.71. The smallest absolute Gasteiger partial charge is 0.311 e. The Morgan fingerprint density at radius 1 is 0.905 bits per heavy atom. The van der Waals surface area contributed by atoms with Gasteiger partial charge >= 0.3 is 12.1 Å². The van der Waals surface area contributed by atoms with Gasteiger partial charge in [0.05, 0.1) is 0 Å². The topological polar surface area (TPSA) is 55.9 Å². The number of amides is 4. The maximum Gasteiger partial charge on any atom is 0.324 e. The Labute approximate surface area is 141 Å². The van der Waals surface area contributed by atoms with Crippen molar-refractivity contribution in [2.75, 3.05) is 36.9 Å². The van der Waals surface area contributed by atoms with Crippen molar-refractivity contribution < 1.29 is 9.59 Å². The van der Waals surface area contributed by atoms with Crippen LogP contribution in [0, 0.1) is 0 Å². The fourth-order valence-electron chi connectivity index (χ4n) is 3.36. The molecule has 1 N–H and O–H groups in total. The van der Waals surface area contributed by atoms with E-state index in [-0.39, 0.29) is 12.1 Å². The highest BCUT2D eigenvalue weighted by Gasteiger charge is 2.70. The maximum atomic E-state index is 12.8. The molecule has 0 aliphatic carbocycles. The van der Waals surface area contributed by atoms with E-state index in [4.69, 9.17) is 0 Å². The summed E-state index contributed by atoms with van der Waals surface area (Å²) in [6.45, 7) is 5.25. The zero-order chi connectivity index (χ0) is 15.8. The molecular weight excluding hydrogens is 328 g/mol. The molecule has 4 amide bonds. The van der Waals surface area contributed by atoms with Crippen LogP contribution in [0.25, 0.3) is 0 Å². The molecule has 2 unspecified atom stereocenters. The first-order chi connectivity index (χ1) is 9.88. The van der Waals surface area contributed by atoms with Crippen molar-refractivity contribution in [3.63, 3.8) is 0 Å². The van der Waals surface area contributed by atoms with E-state index in [9.17, 15) is 9.59 Å². The Kier molecular flexibility index (Phi) is 4.84. The molecule has 2 heterocycles. The SMILES string of the molecule is CC12NC(=O)N(CCS)C1(C)N(CCS)C(=O)N2CCS. The first kappa shape index (κ1) is 17.0. The highest BCUT2D eigenvalue weighted by Crippen LogP contribution is 2.45. The number of carbonyl (C=O) groups excluding carboxylic acids is 2. The summed E-state index contributed by atoms with van der Waals surface area (Å²) in [5.41, 5.74) is -1.54. The van der Waals surface area contributed by atoms with Crippen LogP contribution in [0.5, 0.6) is 0 Å². The molecule has 0 radical (unpaired) electrons. The summed E-state index contributed by atoms with van der Waals surface area (Å²) in [5, 5.41) is 2.98. The molecule has 0 bridgehead atoms. The lowest BCUT2D eigenvalue weighted by Crippen LogP contribution is -2.65. The molecule has 9 heteroatoms. The standard InChI is InChI=1S/C12H22N4O2S3/c1-11-12(2,14(3-6-19)9(17)13-11)16(5-8-21)10(18)15(11)4-7-20/h19-21H,3-8H2,1-2H3,(H,13,17). The van der Waals surface area contributed by atoms with Crippen molar-refractivity contribution >= 4 is 49.9 Å². The molecule has 2 saturated heterocycles. The summed E-state index contributed by atoms with van der Waals surface area (Å²) in [6, 6.07) is -0.262. The molecule has 6 nitrogen and oxygen atoms in total. The Bertz CT molecular complexity index is 448. The lowest BCUT2D eigenvalue weighted by Gasteiger charge is -2.43. The number of carbonyl (C=O) groups is 2. The van der Waals surface area contributed by atoms with Crippen molar-refractivity contribution in [3.05, 3.63) is 0 Å². The van der Waals surface area contributed by atoms with Gasteiger partial charge in [0.15, 0.2) is 11.3 Å². The van der Waals surface area contributed by atoms with Crippen LogP contribution in [0.3, 0.4) is 0 Å². The molecule has 0 spiro atoms. The Morgan fingerprint density at radius 3 is 1.90 bits per heavy atom. The first-order valence-electron chi connectivity index (χ1n) is 6.90. The van der Waals surface area contributed by atoms with E-state index in [0.29, 0.717) is 36.9 Å². The van der Waals surface area contributed by atoms with Crippen LogP contribution < -0.4 is 5.32 Å². The molecule has 2 rings (SSSR count). The van der Waals surface area contributed by atoms with Gasteiger partial charge in [0.1, 0.15) is 0 Å². The molecular formula is C12H22N4O2S3. The van der Waals surface area contributed by atoms with Crippen molar-refractivity contribution in [2.45, 2.75) is 25.2 Å². The summed E-state index contributed by atoms with van der Waals surface area (Å²) in [5.74, 6) is 1.61. The van der Waals surface area contributed by atoms with Crippen LogP contribution in [-0.4, -0.2) is 75.0 Å². The van der Waals surface area contributed by atoms with Crippen LogP contribution in [0.4, 0.5) is 9.59 Å². The predicted octanol–water partition coefficient (Wildman–Crippen LogP) is 0.971. The van der Waals surface area contributed by atoms with E-state index in [0.717, 1.165) is 0 Å². The zero-order valence-electron chi connectivity index (χ0n) is 12.2. The van der Waals surface area contributed by atoms with Crippen molar-refractivity contribution in [1.29, 1.82) is 0 Å². The molecule has 0 saturated carbocycles. The maximum absolute atomic E-state index is 12.8. The Hall–Kier alpha value is -0.410. The number of hydrogen-bond acceptors (Lipinski definition) is 5. The quantitative estimate of drug-likeness (QED) is 0.540. The fourth-order valence-corrected chi connectivity index (χ4v) is 3.96. The normalized spacial score (nSPS) is 32.0. The summed E-state index contributed by atoms with van der Waals surface area (Å²) in [6.07, 6.45) is 0. The second-order valence-corrected chi connectivity index (χ2v) is 6.77. The van der Waals surface area contributed by atoms with E-state index in [1.165, 1.54) is 0 Å². The number of rotatable bonds is 6. The molecule has 2 aliphatic rings. The predicted molar refractivity (Wildman–Crippen MR) is 92.4 cm³/mol. The third-order valence-corrected chi connectivity index (χ3v) is 5.14. The van der Waals surface area contributed by atoms with Gasteiger partial charge in [-0.05, 0) is 13.8 Å². The lowest BCUT2D eigenvalue weighted by atomic mass is 9.96. The van der Waals surface area contributed by atoms with Crippen molar-refractivity contribution in [3.8, 4) is 0 Å². The van der Waals surface area contributed by atoms with Crippen LogP contribution in [0.1, 0.15) is 13.8 Å². The molecule has 0 aromatic heterocycles. The van der Waals surface area contributed by atoms with Gasteiger partial charge in [0.25, 0.3) is 0 Å². The number of hydrogen-bond donors (Lipinski definition) is 4. The molecule has 21 heavy (non-hydrogen) atoms. The van der Waals surface area contributed by atoms with Gasteiger partial charge < -0.3 is 5.32 Å². The van der Waals surface area contributed by atoms with Crippen molar-refractivity contribution in [1.82, 2.24) is 20.0 Å². The van der Waals surface area contributed by atoms with Crippen molar-refractivity contribution in [2.24, 2.45) is 0 Å². The number of fused-ring (bicyclic) bond motifs is 1. The molecule has 120 valence electrons. The van der Waals surface area contributed by atoms with E-state index in [2.05, 4.69) is 43.2 Å². The average molecular weight is 351 g/mol. The van der Waals surface area contributed by atoms with Gasteiger partial charge in [0, 0.05) is 36.9 Å². The lowest BCUT2D eigenvalue weighted by molar-refractivity contribution is 0.00451. The zero-order valence-corrected chi connectivity index (χ0v) is 14.9. The second-order valence-electron chi connectivity index (χ2n) is 5.43. The monoisotopic (exact) mass is 350 g/mol. The second kappa shape index (κ2) is 6.00. The highest BCUT2D eigenvalue weighted by atomic mass is 32.1. The first-order valence-corrected chi connectivity index (χ1v) is 8.79. The van der Waals surface area contributed by atoms with E-state index >= 15 is 0 Å². The number of urea groups is 2. The summed E-state index contributed by atoms with van der Waals surface area (Å²) in [4.78, 5) is 30.2. The van der Waals surface area contributed by atoms with Crippen LogP contribution in [-0.2, 0) is 0 Å². The minimum atomic E-state index is -0.782. The fraction of sp³-hybridized carbons (Fsp3) is 0.833. The number of thiol groups is 3. The number of nitrogens with one attached hydrogen (secondary N) is 1. The third-order valence-electron chi connectivity index (χ3n) is 4.54. The minimum absolute atomic E-state index is 0.0905. The Balaban J connectivity index is 2.50. The largest absolute Gasteiger partial charge is 0.324 e. The highest BCUT2D eigenvalue weighted by molar-refractivity contribution is 7.80. The molecule has 2 fully saturated rings. The third kappa shape index (κ3) is 2.19. The molecule has 2 atom stereocenters. The van der Waals surface area contributed by atoms with Gasteiger partial charge in [-0.3, -0.25) is 14.7 Å². The molecule has 2 aliphatic heterocycles. The van der Waals surface area contributed by atoms with E-state index < -0.39 is 11.3 Å². The molecule has 0 aromatic carbocycles. The number of nitrogens with zero attached hydrogens (tertiary/aromatic N) is 3. The summed E-state index contributed by atoms with van der Waals surface area (Å²) < 4.78 is 0. The summed E-state index contributed by atoms with van der Waals surface area (Å²) in [7, 11) is 0. The van der Waals surface area contributed by atoms with Crippen LogP contribution >= 0.6 is 37.9 Å². The van der Waals surface area contributed by atoms with Gasteiger partial charge in [0.2, 0.25) is 0 Å². The van der Waals surface area contributed by atoms with Crippen LogP contribution in [0.15, 0.2) is 0 Å². The van der Waals surface area contributed by atoms with Gasteiger partial charge in [-0.2, -0.15) is 37.9 Å². The van der Waals surface area contributed by atoms with Gasteiger partial charge in [-0.15, -0.1) is 0 Å². The van der Waals surface area contributed by atoms with E-state index in [1.54, 1.807) is 14.7 Å². The summed E-state index contributed by atoms with van der Waals surface area (Å²) >= 11 is 12.7. The minimum Gasteiger partial charge on any atom is -0.311 e. The van der Waals surface area contributed by atoms with Crippen LogP contribution in [0.2, 0.25) is 0 Å². The van der Waals surface area contributed by atoms with Gasteiger partial charge in [-0.1, -0.05) is 0 Å². The van der Waals surface area contributed by atoms with Gasteiger partial charge in [-0.25, -0.2) is 9.59 Å². The molecule has 0 aromatic rings. The Morgan fingerprint density at radius 2 is 1.38 bits per heavy atom.